The van der Waals surface area contributed by atoms with E-state index in [2.05, 4.69) is 4.98 Å². The summed E-state index contributed by atoms with van der Waals surface area (Å²) in [6.07, 6.45) is 1.21. The molecule has 0 amide bonds. The van der Waals surface area contributed by atoms with Crippen LogP contribution in [0.2, 0.25) is 25.1 Å². The predicted molar refractivity (Wildman–Crippen MR) is 80.6 cm³/mol. The van der Waals surface area contributed by atoms with Crippen molar-refractivity contribution in [1.82, 2.24) is 4.98 Å². The summed E-state index contributed by atoms with van der Waals surface area (Å²) in [5, 5.41) is 9.31. The van der Waals surface area contributed by atoms with Crippen LogP contribution in [0.5, 0.6) is 0 Å². The first kappa shape index (κ1) is 16.1. The van der Waals surface area contributed by atoms with E-state index in [0.29, 0.717) is 5.56 Å². The molecular weight excluding hydrogens is 370 g/mol. The lowest BCUT2D eigenvalue weighted by atomic mass is 10.1. The second-order valence-electron chi connectivity index (χ2n) is 3.78. The molecule has 1 aromatic heterocycles. The lowest BCUT2D eigenvalue weighted by Crippen LogP contribution is -1.96. The molecule has 0 aliphatic heterocycles. The van der Waals surface area contributed by atoms with Crippen LogP contribution in [0.3, 0.4) is 0 Å². The second-order valence-corrected chi connectivity index (χ2v) is 5.67. The van der Waals surface area contributed by atoms with Gasteiger partial charge < -0.3 is 5.11 Å². The molecule has 20 heavy (non-hydrogen) atoms. The van der Waals surface area contributed by atoms with Crippen molar-refractivity contribution in [2.75, 3.05) is 0 Å². The van der Waals surface area contributed by atoms with Crippen LogP contribution in [0.1, 0.15) is 5.56 Å². The van der Waals surface area contributed by atoms with Gasteiger partial charge in [-0.25, -0.2) is 4.98 Å². The molecule has 2 nitrogen and oxygen atoms in total. The molecule has 0 fully saturated rings. The van der Waals surface area contributed by atoms with Gasteiger partial charge in [-0.2, -0.15) is 4.39 Å². The van der Waals surface area contributed by atoms with Gasteiger partial charge in [-0.05, 0) is 6.07 Å². The Labute approximate surface area is 139 Å². The Morgan fingerprint density at radius 3 is 1.95 bits per heavy atom. The Kier molecular flexibility index (Phi) is 5.00. The number of hydrogen-bond donors (Lipinski definition) is 1. The van der Waals surface area contributed by atoms with E-state index >= 15 is 0 Å². The zero-order valence-corrected chi connectivity index (χ0v) is 13.3. The number of aliphatic hydroxyl groups is 1. The fraction of sp³-hybridized carbons (Fsp3) is 0.0833. The molecule has 0 spiro atoms. The maximum Gasteiger partial charge on any atom is 0.218 e. The third kappa shape index (κ3) is 2.71. The smallest absolute Gasteiger partial charge is 0.218 e. The average Bonchev–Trinajstić information content (AvgIpc) is 2.45. The normalized spacial score (nSPS) is 10.9. The fourth-order valence-corrected chi connectivity index (χ4v) is 2.96. The lowest BCUT2D eigenvalue weighted by Gasteiger charge is -2.13. The number of benzene rings is 1. The summed E-state index contributed by atoms with van der Waals surface area (Å²) in [5.74, 6) is -0.783. The number of aliphatic hydroxyl groups excluding tert-OH is 1. The van der Waals surface area contributed by atoms with Gasteiger partial charge in [0.1, 0.15) is 0 Å². The Bertz CT molecular complexity index is 663. The zero-order chi connectivity index (χ0) is 15.0. The highest BCUT2D eigenvalue weighted by Crippen LogP contribution is 2.48. The molecule has 0 bridgehead atoms. The monoisotopic (exact) mass is 373 g/mol. The van der Waals surface area contributed by atoms with E-state index in [0.717, 1.165) is 0 Å². The van der Waals surface area contributed by atoms with Crippen LogP contribution in [0.15, 0.2) is 12.3 Å². The van der Waals surface area contributed by atoms with Gasteiger partial charge in [-0.3, -0.25) is 0 Å². The number of rotatable bonds is 2. The van der Waals surface area contributed by atoms with E-state index in [9.17, 15) is 4.39 Å². The molecule has 106 valence electrons. The summed E-state index contributed by atoms with van der Waals surface area (Å²) in [7, 11) is 0. The van der Waals surface area contributed by atoms with Gasteiger partial charge in [0.05, 0.1) is 31.7 Å². The Balaban J connectivity index is 2.76. The highest BCUT2D eigenvalue weighted by atomic mass is 35.5. The molecule has 8 heteroatoms. The highest BCUT2D eigenvalue weighted by Gasteiger charge is 2.21. The highest BCUT2D eigenvalue weighted by molar-refractivity contribution is 6.56. The van der Waals surface area contributed by atoms with Gasteiger partial charge >= 0.3 is 0 Å². The van der Waals surface area contributed by atoms with Gasteiger partial charge in [-0.1, -0.05) is 58.0 Å². The topological polar surface area (TPSA) is 33.1 Å². The molecule has 2 aromatic rings. The van der Waals surface area contributed by atoms with Crippen LogP contribution in [-0.4, -0.2) is 10.1 Å². The molecule has 0 radical (unpaired) electrons. The van der Waals surface area contributed by atoms with E-state index in [1.807, 2.05) is 0 Å². The third-order valence-electron chi connectivity index (χ3n) is 2.58. The maximum absolute atomic E-state index is 13.3. The van der Waals surface area contributed by atoms with E-state index in [4.69, 9.17) is 63.1 Å². The molecule has 0 unspecified atom stereocenters. The van der Waals surface area contributed by atoms with Crippen molar-refractivity contribution >= 4 is 58.0 Å². The summed E-state index contributed by atoms with van der Waals surface area (Å²) in [6.45, 7) is -0.517. The van der Waals surface area contributed by atoms with Crippen molar-refractivity contribution < 1.29 is 9.50 Å². The Hall–Kier alpha value is -0.290. The van der Waals surface area contributed by atoms with Gasteiger partial charge in [0, 0.05) is 22.9 Å². The number of pyridine rings is 1. The van der Waals surface area contributed by atoms with Crippen molar-refractivity contribution in [1.29, 1.82) is 0 Å². The van der Waals surface area contributed by atoms with Crippen LogP contribution in [0.4, 0.5) is 4.39 Å². The third-order valence-corrected chi connectivity index (χ3v) is 4.86. The Morgan fingerprint density at radius 2 is 1.45 bits per heavy atom. The average molecular weight is 375 g/mol. The summed E-state index contributed by atoms with van der Waals surface area (Å²) < 4.78 is 13.3. The second kappa shape index (κ2) is 6.22. The minimum absolute atomic E-state index is 0.00294. The molecule has 0 aliphatic rings. The molecule has 0 saturated heterocycles. The molecule has 0 atom stereocenters. The maximum atomic E-state index is 13.3. The molecule has 2 rings (SSSR count). The molecule has 1 heterocycles. The quantitative estimate of drug-likeness (QED) is 0.418. The minimum atomic E-state index is -0.783. The van der Waals surface area contributed by atoms with Gasteiger partial charge in [0.2, 0.25) is 5.95 Å². The molecule has 1 N–H and O–H groups in total. The lowest BCUT2D eigenvalue weighted by molar-refractivity contribution is 0.274. The molecule has 0 aliphatic carbocycles. The van der Waals surface area contributed by atoms with Crippen molar-refractivity contribution in [3.05, 3.63) is 48.9 Å². The zero-order valence-electron chi connectivity index (χ0n) is 9.52. The van der Waals surface area contributed by atoms with E-state index in [1.54, 1.807) is 0 Å². The largest absolute Gasteiger partial charge is 0.392 e. The van der Waals surface area contributed by atoms with Gasteiger partial charge in [-0.15, -0.1) is 0 Å². The fourth-order valence-electron chi connectivity index (χ4n) is 1.60. The van der Waals surface area contributed by atoms with E-state index in [-0.39, 0.29) is 36.2 Å². The van der Waals surface area contributed by atoms with Crippen molar-refractivity contribution in [3.63, 3.8) is 0 Å². The van der Waals surface area contributed by atoms with E-state index in [1.165, 1.54) is 12.3 Å². The molecule has 0 saturated carbocycles. The van der Waals surface area contributed by atoms with Gasteiger partial charge in [0.25, 0.3) is 0 Å². The van der Waals surface area contributed by atoms with E-state index < -0.39 is 12.6 Å². The number of aromatic nitrogens is 1. The minimum Gasteiger partial charge on any atom is -0.392 e. The number of hydrogen-bond acceptors (Lipinski definition) is 2. The van der Waals surface area contributed by atoms with Crippen molar-refractivity contribution in [3.8, 4) is 11.1 Å². The van der Waals surface area contributed by atoms with Crippen LogP contribution < -0.4 is 0 Å². The first-order valence-electron chi connectivity index (χ1n) is 5.15. The standard InChI is InChI=1S/C12H5Cl5FNO/c13-7-6(8(14)10(16)11(17)9(7)15)4-1-5(3-20)12(18)19-2-4/h1-2,20H,3H2. The summed E-state index contributed by atoms with van der Waals surface area (Å²) in [5.41, 5.74) is 0.637. The van der Waals surface area contributed by atoms with Crippen LogP contribution >= 0.6 is 58.0 Å². The summed E-state index contributed by atoms with van der Waals surface area (Å²) >= 11 is 30.0. The first-order chi connectivity index (χ1) is 9.38. The van der Waals surface area contributed by atoms with Crippen LogP contribution in [-0.2, 0) is 6.61 Å². The van der Waals surface area contributed by atoms with Crippen LogP contribution in [0.25, 0.3) is 11.1 Å². The van der Waals surface area contributed by atoms with Crippen molar-refractivity contribution in [2.45, 2.75) is 6.61 Å². The van der Waals surface area contributed by atoms with Crippen molar-refractivity contribution in [2.24, 2.45) is 0 Å². The summed E-state index contributed by atoms with van der Waals surface area (Å²) in [4.78, 5) is 3.53. The number of nitrogens with zero attached hydrogens (tertiary/aromatic N) is 1. The number of halogens is 6. The van der Waals surface area contributed by atoms with Gasteiger partial charge in [0.15, 0.2) is 0 Å². The SMILES string of the molecule is OCc1cc(-c2c(Cl)c(Cl)c(Cl)c(Cl)c2Cl)cnc1F. The summed E-state index contributed by atoms with van der Waals surface area (Å²) in [6, 6.07) is 1.36. The Morgan fingerprint density at radius 1 is 0.950 bits per heavy atom. The van der Waals surface area contributed by atoms with Crippen LogP contribution in [0, 0.1) is 5.95 Å². The predicted octanol–water partition coefficient (Wildman–Crippen LogP) is 5.65. The molecular formula is C12H5Cl5FNO. The molecule has 1 aromatic carbocycles. The first-order valence-corrected chi connectivity index (χ1v) is 7.04.